The van der Waals surface area contributed by atoms with Crippen LogP contribution in [0.5, 0.6) is 0 Å². The maximum Gasteiger partial charge on any atom is 0.328 e. The quantitative estimate of drug-likeness (QED) is 0.755. The Bertz CT molecular complexity index is 403. The molecule has 88 valence electrons. The molecule has 0 N–H and O–H groups in total. The Labute approximate surface area is 99.2 Å². The van der Waals surface area contributed by atoms with Gasteiger partial charge >= 0.3 is 5.97 Å². The zero-order chi connectivity index (χ0) is 11.7. The smallest absolute Gasteiger partial charge is 0.328 e. The van der Waals surface area contributed by atoms with Crippen molar-refractivity contribution >= 4 is 22.4 Å². The summed E-state index contributed by atoms with van der Waals surface area (Å²) >= 11 is 1.66. The van der Waals surface area contributed by atoms with Crippen molar-refractivity contribution in [3.05, 3.63) is 10.6 Å². The first-order chi connectivity index (χ1) is 7.67. The van der Waals surface area contributed by atoms with Crippen LogP contribution in [0.3, 0.4) is 0 Å². The van der Waals surface area contributed by atoms with Gasteiger partial charge in [-0.25, -0.2) is 9.78 Å². The Morgan fingerprint density at radius 1 is 1.69 bits per heavy atom. The van der Waals surface area contributed by atoms with E-state index in [1.807, 2.05) is 4.90 Å². The van der Waals surface area contributed by atoms with Crippen molar-refractivity contribution < 1.29 is 9.53 Å². The van der Waals surface area contributed by atoms with Crippen LogP contribution in [0.1, 0.15) is 23.9 Å². The van der Waals surface area contributed by atoms with Gasteiger partial charge in [0.1, 0.15) is 6.04 Å². The first-order valence-corrected chi connectivity index (χ1v) is 6.29. The number of hydrogen-bond donors (Lipinski definition) is 0. The predicted molar refractivity (Wildman–Crippen MR) is 64.0 cm³/mol. The fourth-order valence-electron chi connectivity index (χ4n) is 1.86. The van der Waals surface area contributed by atoms with E-state index < -0.39 is 0 Å². The number of thiazole rings is 1. The topological polar surface area (TPSA) is 42.4 Å². The summed E-state index contributed by atoms with van der Waals surface area (Å²) in [5.41, 5.74) is 1.13. The summed E-state index contributed by atoms with van der Waals surface area (Å²) in [6.07, 6.45) is 1.81. The summed E-state index contributed by atoms with van der Waals surface area (Å²) < 4.78 is 4.77. The molecule has 0 bridgehead atoms. The number of esters is 1. The molecule has 1 aromatic heterocycles. The number of rotatable bonds is 3. The fourth-order valence-corrected chi connectivity index (χ4v) is 2.93. The molecule has 1 saturated heterocycles. The van der Waals surface area contributed by atoms with Crippen LogP contribution in [0, 0.1) is 6.92 Å². The first-order valence-electron chi connectivity index (χ1n) is 5.48. The number of aromatic nitrogens is 1. The predicted octanol–water partition coefficient (Wildman–Crippen LogP) is 1.77. The van der Waals surface area contributed by atoms with Gasteiger partial charge in [0, 0.05) is 11.4 Å². The third kappa shape index (κ3) is 1.80. The fraction of sp³-hybridized carbons (Fsp3) is 0.636. The molecule has 0 aromatic carbocycles. The van der Waals surface area contributed by atoms with Crippen molar-refractivity contribution in [3.8, 4) is 0 Å². The Balaban J connectivity index is 2.15. The Morgan fingerprint density at radius 3 is 2.88 bits per heavy atom. The second kappa shape index (κ2) is 4.41. The lowest BCUT2D eigenvalue weighted by Gasteiger charge is -2.38. The molecule has 1 aromatic rings. The lowest BCUT2D eigenvalue weighted by atomic mass is 10.1. The highest BCUT2D eigenvalue weighted by molar-refractivity contribution is 7.15. The number of carbonyl (C=O) groups is 1. The molecule has 2 heterocycles. The van der Waals surface area contributed by atoms with Gasteiger partial charge in [0.25, 0.3) is 0 Å². The highest BCUT2D eigenvalue weighted by Crippen LogP contribution is 2.32. The van der Waals surface area contributed by atoms with E-state index >= 15 is 0 Å². The van der Waals surface area contributed by atoms with Crippen LogP contribution in [0.4, 0.5) is 5.13 Å². The van der Waals surface area contributed by atoms with Gasteiger partial charge in [-0.2, -0.15) is 0 Å². The first kappa shape index (κ1) is 11.4. The number of nitrogens with zero attached hydrogens (tertiary/aromatic N) is 2. The van der Waals surface area contributed by atoms with Crippen LogP contribution in [0.2, 0.25) is 0 Å². The van der Waals surface area contributed by atoms with Crippen molar-refractivity contribution in [3.63, 3.8) is 0 Å². The zero-order valence-electron chi connectivity index (χ0n) is 9.82. The molecule has 0 spiro atoms. The van der Waals surface area contributed by atoms with Gasteiger partial charge in [0.15, 0.2) is 5.13 Å². The van der Waals surface area contributed by atoms with Crippen LogP contribution < -0.4 is 4.90 Å². The Kier molecular flexibility index (Phi) is 3.14. The summed E-state index contributed by atoms with van der Waals surface area (Å²) in [6, 6.07) is -0.125. The molecular formula is C11H16N2O2S. The number of methoxy groups -OCH3 is 1. The summed E-state index contributed by atoms with van der Waals surface area (Å²) in [4.78, 5) is 19.3. The highest BCUT2D eigenvalue weighted by Gasteiger charge is 2.36. The number of carbonyl (C=O) groups excluding carboxylic acids is 1. The molecule has 0 radical (unpaired) electrons. The largest absolute Gasteiger partial charge is 0.467 e. The van der Waals surface area contributed by atoms with Crippen LogP contribution in [-0.2, 0) is 16.0 Å². The summed E-state index contributed by atoms with van der Waals surface area (Å²) in [6.45, 7) is 5.07. The average molecular weight is 240 g/mol. The molecule has 2 rings (SSSR count). The molecule has 4 nitrogen and oxygen atoms in total. The summed E-state index contributed by atoms with van der Waals surface area (Å²) in [7, 11) is 1.43. The molecule has 1 unspecified atom stereocenters. The van der Waals surface area contributed by atoms with E-state index in [-0.39, 0.29) is 12.0 Å². The second-order valence-electron chi connectivity index (χ2n) is 3.87. The minimum atomic E-state index is -0.155. The molecular weight excluding hydrogens is 224 g/mol. The van der Waals surface area contributed by atoms with Crippen LogP contribution in [0.15, 0.2) is 0 Å². The monoisotopic (exact) mass is 240 g/mol. The van der Waals surface area contributed by atoms with E-state index in [4.69, 9.17) is 4.74 Å². The van der Waals surface area contributed by atoms with E-state index in [2.05, 4.69) is 18.8 Å². The third-order valence-electron chi connectivity index (χ3n) is 2.95. The van der Waals surface area contributed by atoms with Gasteiger partial charge in [0.05, 0.1) is 12.8 Å². The Hall–Kier alpha value is -1.10. The van der Waals surface area contributed by atoms with Gasteiger partial charge in [-0.3, -0.25) is 0 Å². The molecule has 0 saturated carbocycles. The van der Waals surface area contributed by atoms with Crippen molar-refractivity contribution in [2.75, 3.05) is 18.6 Å². The SMILES string of the molecule is CCc1nc(N2CCC2C(=O)OC)sc1C. The van der Waals surface area contributed by atoms with Crippen LogP contribution >= 0.6 is 11.3 Å². The van der Waals surface area contributed by atoms with Crippen molar-refractivity contribution in [1.82, 2.24) is 4.98 Å². The van der Waals surface area contributed by atoms with Gasteiger partial charge in [-0.05, 0) is 19.8 Å². The lowest BCUT2D eigenvalue weighted by Crippen LogP contribution is -2.53. The van der Waals surface area contributed by atoms with Gasteiger partial charge in [-0.1, -0.05) is 6.92 Å². The van der Waals surface area contributed by atoms with Gasteiger partial charge in [0.2, 0.25) is 0 Å². The number of anilines is 1. The van der Waals surface area contributed by atoms with E-state index in [1.54, 1.807) is 11.3 Å². The zero-order valence-corrected chi connectivity index (χ0v) is 10.6. The van der Waals surface area contributed by atoms with Crippen molar-refractivity contribution in [2.24, 2.45) is 0 Å². The summed E-state index contributed by atoms with van der Waals surface area (Å²) in [5.74, 6) is -0.155. The van der Waals surface area contributed by atoms with Gasteiger partial charge < -0.3 is 9.64 Å². The van der Waals surface area contributed by atoms with Crippen LogP contribution in [-0.4, -0.2) is 30.6 Å². The molecule has 1 aliphatic heterocycles. The maximum absolute atomic E-state index is 11.5. The standard InChI is InChI=1S/C11H16N2O2S/c1-4-8-7(2)16-11(12-8)13-6-5-9(13)10(14)15-3/h9H,4-6H2,1-3H3. The molecule has 5 heteroatoms. The third-order valence-corrected chi connectivity index (χ3v) is 4.01. The molecule has 16 heavy (non-hydrogen) atoms. The number of hydrogen-bond acceptors (Lipinski definition) is 5. The maximum atomic E-state index is 11.5. The Morgan fingerprint density at radius 2 is 2.44 bits per heavy atom. The normalized spacial score (nSPS) is 19.4. The van der Waals surface area contributed by atoms with Gasteiger partial charge in [-0.15, -0.1) is 11.3 Å². The highest BCUT2D eigenvalue weighted by atomic mass is 32.1. The van der Waals surface area contributed by atoms with E-state index in [1.165, 1.54) is 12.0 Å². The minimum absolute atomic E-state index is 0.125. The van der Waals surface area contributed by atoms with Crippen LogP contribution in [0.25, 0.3) is 0 Å². The summed E-state index contributed by atoms with van der Waals surface area (Å²) in [5, 5.41) is 0.955. The molecule has 1 atom stereocenters. The number of ether oxygens (including phenoxy) is 1. The average Bonchev–Trinajstić information content (AvgIpc) is 2.57. The van der Waals surface area contributed by atoms with E-state index in [0.717, 1.165) is 30.2 Å². The van der Waals surface area contributed by atoms with E-state index in [0.29, 0.717) is 0 Å². The lowest BCUT2D eigenvalue weighted by molar-refractivity contribution is -0.143. The molecule has 1 fully saturated rings. The van der Waals surface area contributed by atoms with Crippen molar-refractivity contribution in [2.45, 2.75) is 32.7 Å². The second-order valence-corrected chi connectivity index (χ2v) is 5.06. The van der Waals surface area contributed by atoms with E-state index in [9.17, 15) is 4.79 Å². The minimum Gasteiger partial charge on any atom is -0.467 e. The number of aryl methyl sites for hydroxylation is 2. The molecule has 0 aliphatic carbocycles. The molecule has 1 aliphatic rings. The molecule has 0 amide bonds. The van der Waals surface area contributed by atoms with Crippen molar-refractivity contribution in [1.29, 1.82) is 0 Å².